The van der Waals surface area contributed by atoms with Crippen LogP contribution in [0.2, 0.25) is 0 Å². The fraction of sp³-hybridized carbons (Fsp3) is 0.250. The van der Waals surface area contributed by atoms with Crippen molar-refractivity contribution in [1.82, 2.24) is 10.3 Å². The van der Waals surface area contributed by atoms with Gasteiger partial charge in [0.1, 0.15) is 12.1 Å². The molecule has 0 bridgehead atoms. The lowest BCUT2D eigenvalue weighted by Gasteiger charge is -1.99. The Kier molecular flexibility index (Phi) is 3.01. The van der Waals surface area contributed by atoms with Crippen LogP contribution in [0.1, 0.15) is 11.3 Å². The molecule has 0 atom stereocenters. The summed E-state index contributed by atoms with van der Waals surface area (Å²) >= 11 is 0. The number of hydrogen-bond acceptors (Lipinski definition) is 3. The van der Waals surface area contributed by atoms with E-state index in [2.05, 4.69) is 10.3 Å². The van der Waals surface area contributed by atoms with E-state index < -0.39 is 0 Å². The molecule has 2 aromatic rings. The molecule has 0 aliphatic rings. The molecule has 0 spiro atoms. The van der Waals surface area contributed by atoms with Gasteiger partial charge in [0.2, 0.25) is 5.89 Å². The number of aromatic nitrogens is 1. The van der Waals surface area contributed by atoms with Gasteiger partial charge >= 0.3 is 0 Å². The second-order valence-electron chi connectivity index (χ2n) is 3.66. The zero-order valence-electron chi connectivity index (χ0n) is 9.25. The van der Waals surface area contributed by atoms with Crippen molar-refractivity contribution in [2.75, 3.05) is 7.05 Å². The maximum absolute atomic E-state index is 13.6. The molecule has 2 rings (SSSR count). The molecule has 4 heteroatoms. The summed E-state index contributed by atoms with van der Waals surface area (Å²) in [5, 5.41) is 2.96. The van der Waals surface area contributed by atoms with Crippen molar-refractivity contribution in [3.8, 4) is 11.5 Å². The van der Waals surface area contributed by atoms with Gasteiger partial charge in [-0.25, -0.2) is 9.37 Å². The quantitative estimate of drug-likeness (QED) is 0.863. The summed E-state index contributed by atoms with van der Waals surface area (Å²) < 4.78 is 18.8. The van der Waals surface area contributed by atoms with Crippen molar-refractivity contribution >= 4 is 0 Å². The molecule has 0 radical (unpaired) electrons. The average Bonchev–Trinajstić information content (AvgIpc) is 2.67. The van der Waals surface area contributed by atoms with Crippen molar-refractivity contribution < 1.29 is 8.81 Å². The van der Waals surface area contributed by atoms with Crippen LogP contribution in [0, 0.1) is 12.7 Å². The number of hydrogen-bond donors (Lipinski definition) is 1. The number of rotatable bonds is 3. The standard InChI is InChI=1S/C12H13FN2O/c1-8-3-4-10(11(13)5-8)12-15-9(6-14-2)7-16-12/h3-5,7,14H,6H2,1-2H3. The van der Waals surface area contributed by atoms with E-state index in [1.807, 2.05) is 20.0 Å². The van der Waals surface area contributed by atoms with Gasteiger partial charge in [0.25, 0.3) is 0 Å². The third-order valence-corrected chi connectivity index (χ3v) is 2.26. The lowest BCUT2D eigenvalue weighted by atomic mass is 10.1. The lowest BCUT2D eigenvalue weighted by Crippen LogP contribution is -2.04. The molecule has 0 aliphatic carbocycles. The molecule has 1 aromatic carbocycles. The van der Waals surface area contributed by atoms with E-state index in [-0.39, 0.29) is 5.82 Å². The van der Waals surface area contributed by atoms with Gasteiger partial charge in [-0.3, -0.25) is 0 Å². The highest BCUT2D eigenvalue weighted by Gasteiger charge is 2.11. The predicted molar refractivity (Wildman–Crippen MR) is 59.4 cm³/mol. The Labute approximate surface area is 93.3 Å². The minimum atomic E-state index is -0.308. The summed E-state index contributed by atoms with van der Waals surface area (Å²) in [6.45, 7) is 2.45. The fourth-order valence-electron chi connectivity index (χ4n) is 1.49. The van der Waals surface area contributed by atoms with Crippen molar-refractivity contribution in [3.05, 3.63) is 41.5 Å². The van der Waals surface area contributed by atoms with E-state index in [0.717, 1.165) is 11.3 Å². The summed E-state index contributed by atoms with van der Waals surface area (Å²) in [7, 11) is 1.82. The molecule has 0 saturated heterocycles. The molecule has 0 unspecified atom stereocenters. The average molecular weight is 220 g/mol. The highest BCUT2D eigenvalue weighted by molar-refractivity contribution is 5.54. The molecule has 1 heterocycles. The van der Waals surface area contributed by atoms with E-state index >= 15 is 0 Å². The number of halogens is 1. The van der Waals surface area contributed by atoms with Gasteiger partial charge in [-0.1, -0.05) is 6.07 Å². The summed E-state index contributed by atoms with van der Waals surface area (Å²) in [4.78, 5) is 4.19. The zero-order valence-corrected chi connectivity index (χ0v) is 9.25. The molecular weight excluding hydrogens is 207 g/mol. The van der Waals surface area contributed by atoms with E-state index in [0.29, 0.717) is 18.0 Å². The first-order valence-corrected chi connectivity index (χ1v) is 5.06. The minimum absolute atomic E-state index is 0.308. The lowest BCUT2D eigenvalue weighted by molar-refractivity contribution is 0.559. The Morgan fingerprint density at radius 1 is 1.44 bits per heavy atom. The van der Waals surface area contributed by atoms with Crippen LogP contribution in [0.4, 0.5) is 4.39 Å². The molecule has 84 valence electrons. The summed E-state index contributed by atoms with van der Waals surface area (Å²) in [6, 6.07) is 4.98. The third kappa shape index (κ3) is 2.12. The minimum Gasteiger partial charge on any atom is -0.444 e. The van der Waals surface area contributed by atoms with Gasteiger partial charge in [0.05, 0.1) is 11.3 Å². The number of oxazole rings is 1. The Balaban J connectivity index is 2.35. The third-order valence-electron chi connectivity index (χ3n) is 2.26. The monoisotopic (exact) mass is 220 g/mol. The van der Waals surface area contributed by atoms with Gasteiger partial charge in [-0.2, -0.15) is 0 Å². The van der Waals surface area contributed by atoms with Crippen LogP contribution in [0.5, 0.6) is 0 Å². The second kappa shape index (κ2) is 4.45. The van der Waals surface area contributed by atoms with Gasteiger partial charge in [0, 0.05) is 6.54 Å². The molecule has 0 fully saturated rings. The molecule has 1 aromatic heterocycles. The predicted octanol–water partition coefficient (Wildman–Crippen LogP) is 2.51. The van der Waals surface area contributed by atoms with Gasteiger partial charge in [0.15, 0.2) is 0 Å². The first-order valence-electron chi connectivity index (χ1n) is 5.06. The smallest absolute Gasteiger partial charge is 0.229 e. The maximum atomic E-state index is 13.6. The Morgan fingerprint density at radius 3 is 2.94 bits per heavy atom. The SMILES string of the molecule is CNCc1coc(-c2ccc(C)cc2F)n1. The van der Waals surface area contributed by atoms with E-state index in [4.69, 9.17) is 4.42 Å². The number of aryl methyl sites for hydroxylation is 1. The van der Waals surface area contributed by atoms with Crippen LogP contribution in [0.15, 0.2) is 28.9 Å². The normalized spacial score (nSPS) is 10.7. The Morgan fingerprint density at radius 2 is 2.25 bits per heavy atom. The van der Waals surface area contributed by atoms with Crippen molar-refractivity contribution in [2.45, 2.75) is 13.5 Å². The van der Waals surface area contributed by atoms with Gasteiger partial charge < -0.3 is 9.73 Å². The Hall–Kier alpha value is -1.68. The van der Waals surface area contributed by atoms with Crippen LogP contribution < -0.4 is 5.32 Å². The van der Waals surface area contributed by atoms with Crippen molar-refractivity contribution in [2.24, 2.45) is 0 Å². The molecule has 0 aliphatic heterocycles. The fourth-order valence-corrected chi connectivity index (χ4v) is 1.49. The van der Waals surface area contributed by atoms with E-state index in [9.17, 15) is 4.39 Å². The van der Waals surface area contributed by atoms with Crippen LogP contribution in [0.25, 0.3) is 11.5 Å². The molecule has 0 saturated carbocycles. The molecule has 0 amide bonds. The zero-order chi connectivity index (χ0) is 11.5. The van der Waals surface area contributed by atoms with E-state index in [1.54, 1.807) is 6.07 Å². The summed E-state index contributed by atoms with van der Waals surface area (Å²) in [5.74, 6) is 0.0145. The first-order chi connectivity index (χ1) is 7.70. The number of nitrogens with zero attached hydrogens (tertiary/aromatic N) is 1. The highest BCUT2D eigenvalue weighted by Crippen LogP contribution is 2.22. The van der Waals surface area contributed by atoms with E-state index in [1.165, 1.54) is 12.3 Å². The van der Waals surface area contributed by atoms with Crippen LogP contribution in [-0.4, -0.2) is 12.0 Å². The van der Waals surface area contributed by atoms with Crippen LogP contribution >= 0.6 is 0 Å². The Bertz CT molecular complexity index is 494. The van der Waals surface area contributed by atoms with Crippen LogP contribution in [-0.2, 0) is 6.54 Å². The topological polar surface area (TPSA) is 38.1 Å². The van der Waals surface area contributed by atoms with Gasteiger partial charge in [-0.15, -0.1) is 0 Å². The first kappa shape index (κ1) is 10.8. The number of nitrogens with one attached hydrogen (secondary N) is 1. The van der Waals surface area contributed by atoms with Crippen molar-refractivity contribution in [3.63, 3.8) is 0 Å². The number of benzene rings is 1. The molecular formula is C12H13FN2O. The highest BCUT2D eigenvalue weighted by atomic mass is 19.1. The van der Waals surface area contributed by atoms with Crippen LogP contribution in [0.3, 0.4) is 0 Å². The van der Waals surface area contributed by atoms with Crippen molar-refractivity contribution in [1.29, 1.82) is 0 Å². The maximum Gasteiger partial charge on any atom is 0.229 e. The summed E-state index contributed by atoms with van der Waals surface area (Å²) in [6.07, 6.45) is 1.53. The second-order valence-corrected chi connectivity index (χ2v) is 3.66. The molecule has 3 nitrogen and oxygen atoms in total. The summed E-state index contributed by atoms with van der Waals surface area (Å²) in [5.41, 5.74) is 2.04. The molecule has 16 heavy (non-hydrogen) atoms. The molecule has 1 N–H and O–H groups in total. The van der Waals surface area contributed by atoms with Gasteiger partial charge in [-0.05, 0) is 31.7 Å². The largest absolute Gasteiger partial charge is 0.444 e.